The Morgan fingerprint density at radius 3 is 2.40 bits per heavy atom. The average molecular weight is 628 g/mol. The second-order valence-electron chi connectivity index (χ2n) is 10.7. The highest BCUT2D eigenvalue weighted by Gasteiger charge is 2.27. The number of amides is 2. The third-order valence-electron chi connectivity index (χ3n) is 7.49. The average Bonchev–Trinajstić information content (AvgIpc) is 3.81. The van der Waals surface area contributed by atoms with E-state index in [9.17, 15) is 18.4 Å². The summed E-state index contributed by atoms with van der Waals surface area (Å²) in [6.45, 7) is 4.38. The van der Waals surface area contributed by atoms with Crippen LogP contribution in [0.2, 0.25) is 0 Å². The molecule has 8 nitrogen and oxygen atoms in total. The fraction of sp³-hybridized carbons (Fsp3) is 0.147. The van der Waals surface area contributed by atoms with Crippen LogP contribution in [0.3, 0.4) is 0 Å². The van der Waals surface area contributed by atoms with Crippen molar-refractivity contribution in [2.45, 2.75) is 32.3 Å². The molecule has 0 aliphatic rings. The van der Waals surface area contributed by atoms with Gasteiger partial charge in [0.1, 0.15) is 39.3 Å². The number of hydrogen-bond acceptors (Lipinski definition) is 7. The van der Waals surface area contributed by atoms with Gasteiger partial charge in [-0.15, -0.1) is 11.3 Å². The van der Waals surface area contributed by atoms with Gasteiger partial charge in [-0.1, -0.05) is 56.3 Å². The fourth-order valence-electron chi connectivity index (χ4n) is 5.04. The molecule has 2 aromatic carbocycles. The molecule has 11 heteroatoms. The second kappa shape index (κ2) is 12.0. The smallest absolute Gasteiger partial charge is 0.291 e. The lowest BCUT2D eigenvalue weighted by Gasteiger charge is -2.26. The van der Waals surface area contributed by atoms with Gasteiger partial charge in [0, 0.05) is 16.4 Å². The number of rotatable bonds is 10. The largest absolute Gasteiger partial charge is 0.486 e. The van der Waals surface area contributed by atoms with Crippen LogP contribution in [0.15, 0.2) is 100 Å². The molecule has 0 radical (unpaired) electrons. The molecule has 0 atom stereocenters. The van der Waals surface area contributed by atoms with E-state index < -0.39 is 23.9 Å². The molecule has 3 N–H and O–H groups in total. The molecule has 0 spiro atoms. The van der Waals surface area contributed by atoms with E-state index in [0.717, 1.165) is 23.0 Å². The van der Waals surface area contributed by atoms with Gasteiger partial charge in [0.05, 0.1) is 12.0 Å². The van der Waals surface area contributed by atoms with Gasteiger partial charge in [0.25, 0.3) is 18.2 Å². The first-order valence-corrected chi connectivity index (χ1v) is 14.7. The van der Waals surface area contributed by atoms with Crippen molar-refractivity contribution in [3.05, 3.63) is 124 Å². The highest BCUT2D eigenvalue weighted by Crippen LogP contribution is 2.43. The monoisotopic (exact) mass is 627 g/mol. The van der Waals surface area contributed by atoms with Crippen LogP contribution in [0.5, 0.6) is 5.75 Å². The molecule has 2 amide bonds. The zero-order chi connectivity index (χ0) is 31.7. The van der Waals surface area contributed by atoms with E-state index in [1.165, 1.54) is 17.9 Å². The van der Waals surface area contributed by atoms with Gasteiger partial charge in [-0.05, 0) is 53.6 Å². The van der Waals surface area contributed by atoms with E-state index >= 15 is 0 Å². The summed E-state index contributed by atoms with van der Waals surface area (Å²) in [5, 5.41) is 2.92. The van der Waals surface area contributed by atoms with Crippen molar-refractivity contribution >= 4 is 39.1 Å². The number of ether oxygens (including phenoxy) is 1. The van der Waals surface area contributed by atoms with Gasteiger partial charge in [-0.25, -0.2) is 13.8 Å². The molecule has 0 fully saturated rings. The van der Waals surface area contributed by atoms with E-state index in [2.05, 4.69) is 36.3 Å². The lowest BCUT2D eigenvalue weighted by molar-refractivity contribution is 0.0992. The number of hydrogen-bond donors (Lipinski definition) is 2. The molecule has 228 valence electrons. The van der Waals surface area contributed by atoms with E-state index in [4.69, 9.17) is 19.3 Å². The number of nitrogens with two attached hydrogens (primary N) is 1. The molecule has 0 saturated heterocycles. The Morgan fingerprint density at radius 2 is 1.73 bits per heavy atom. The summed E-state index contributed by atoms with van der Waals surface area (Å²) in [6, 6.07) is 25.4. The number of carbonyl (C=O) groups is 2. The van der Waals surface area contributed by atoms with Crippen LogP contribution in [0, 0.1) is 0 Å². The van der Waals surface area contributed by atoms with Crippen LogP contribution in [-0.2, 0) is 12.0 Å². The molecule has 4 aromatic heterocycles. The van der Waals surface area contributed by atoms with Gasteiger partial charge in [-0.2, -0.15) is 0 Å². The summed E-state index contributed by atoms with van der Waals surface area (Å²) in [5.74, 6) is -0.327. The summed E-state index contributed by atoms with van der Waals surface area (Å²) >= 11 is 0.798. The highest BCUT2D eigenvalue weighted by molar-refractivity contribution is 7.21. The summed E-state index contributed by atoms with van der Waals surface area (Å²) in [4.78, 5) is 29.7. The van der Waals surface area contributed by atoms with Gasteiger partial charge in [0.2, 0.25) is 0 Å². The topological polar surface area (TPSA) is 121 Å². The van der Waals surface area contributed by atoms with E-state index in [1.54, 1.807) is 18.2 Å². The second-order valence-corrected chi connectivity index (χ2v) is 11.7. The number of nitrogens with one attached hydrogen (secondary N) is 1. The first-order chi connectivity index (χ1) is 21.6. The zero-order valence-electron chi connectivity index (χ0n) is 24.2. The molecule has 0 unspecified atom stereocenters. The Balaban J connectivity index is 1.20. The molecule has 6 rings (SSSR count). The number of alkyl halides is 2. The molecule has 45 heavy (non-hydrogen) atoms. The van der Waals surface area contributed by atoms with Crippen LogP contribution in [-0.4, -0.2) is 16.8 Å². The summed E-state index contributed by atoms with van der Waals surface area (Å²) in [5.41, 5.74) is 7.49. The predicted molar refractivity (Wildman–Crippen MR) is 167 cm³/mol. The van der Waals surface area contributed by atoms with Crippen LogP contribution >= 0.6 is 11.3 Å². The van der Waals surface area contributed by atoms with Crippen LogP contribution < -0.4 is 15.8 Å². The lowest BCUT2D eigenvalue weighted by Crippen LogP contribution is -2.18. The zero-order valence-corrected chi connectivity index (χ0v) is 25.0. The number of anilines is 1. The number of fused-ring (bicyclic) bond motifs is 1. The summed E-state index contributed by atoms with van der Waals surface area (Å²) < 4.78 is 44.4. The number of carbonyl (C=O) groups excluding carboxylic acids is 2. The SMILES string of the molecule is CC(C)(c1ccccc1)c1ccc(OCc2ccc(C(=O)Nc3c(C(N)=O)sc4nc(C(F)F)cc(-c5ccco5)c34)o2)cc1. The number of halogens is 2. The number of nitrogens with zero attached hydrogens (tertiary/aromatic N) is 1. The van der Waals surface area contributed by atoms with Gasteiger partial charge >= 0.3 is 0 Å². The van der Waals surface area contributed by atoms with E-state index in [0.29, 0.717) is 11.5 Å². The van der Waals surface area contributed by atoms with Gasteiger partial charge in [0.15, 0.2) is 5.76 Å². The van der Waals surface area contributed by atoms with Crippen LogP contribution in [0.25, 0.3) is 21.5 Å². The molecule has 6 aromatic rings. The molecule has 0 aliphatic heterocycles. The van der Waals surface area contributed by atoms with Crippen LogP contribution in [0.1, 0.15) is 63.1 Å². The van der Waals surface area contributed by atoms with Crippen molar-refractivity contribution in [2.75, 3.05) is 5.32 Å². The van der Waals surface area contributed by atoms with Crippen LogP contribution in [0.4, 0.5) is 14.5 Å². The maximum atomic E-state index is 13.6. The number of aromatic nitrogens is 1. The lowest BCUT2D eigenvalue weighted by atomic mass is 9.78. The van der Waals surface area contributed by atoms with Crippen molar-refractivity contribution in [3.8, 4) is 17.1 Å². The third-order valence-corrected chi connectivity index (χ3v) is 8.59. The van der Waals surface area contributed by atoms with Gasteiger partial charge in [-0.3, -0.25) is 9.59 Å². The maximum Gasteiger partial charge on any atom is 0.291 e. The van der Waals surface area contributed by atoms with Crippen molar-refractivity contribution in [2.24, 2.45) is 5.73 Å². The van der Waals surface area contributed by atoms with Crippen molar-refractivity contribution < 1.29 is 31.9 Å². The minimum atomic E-state index is -2.87. The maximum absolute atomic E-state index is 13.6. The van der Waals surface area contributed by atoms with Gasteiger partial charge < -0.3 is 24.6 Å². The van der Waals surface area contributed by atoms with Crippen molar-refractivity contribution in [3.63, 3.8) is 0 Å². The minimum Gasteiger partial charge on any atom is -0.486 e. The molecule has 4 heterocycles. The summed E-state index contributed by atoms with van der Waals surface area (Å²) in [6.07, 6.45) is -1.49. The highest BCUT2D eigenvalue weighted by atomic mass is 32.1. The number of furan rings is 2. The number of pyridine rings is 1. The van der Waals surface area contributed by atoms with E-state index in [-0.39, 0.29) is 49.9 Å². The quantitative estimate of drug-likeness (QED) is 0.158. The van der Waals surface area contributed by atoms with Crippen molar-refractivity contribution in [1.82, 2.24) is 4.98 Å². The molecule has 0 bridgehead atoms. The Kier molecular flexibility index (Phi) is 7.94. The predicted octanol–water partition coefficient (Wildman–Crippen LogP) is 8.34. The summed E-state index contributed by atoms with van der Waals surface area (Å²) in [7, 11) is 0. The Hall–Kier alpha value is -5.29. The Bertz CT molecular complexity index is 1980. The normalized spacial score (nSPS) is 11.7. The molecule has 0 aliphatic carbocycles. The van der Waals surface area contributed by atoms with Crippen molar-refractivity contribution in [1.29, 1.82) is 0 Å². The molecular weight excluding hydrogens is 600 g/mol. The number of benzene rings is 2. The number of primary amides is 1. The van der Waals surface area contributed by atoms with E-state index in [1.807, 2.05) is 42.5 Å². The fourth-order valence-corrected chi connectivity index (χ4v) is 6.06. The third kappa shape index (κ3) is 5.94. The first kappa shape index (κ1) is 29.8. The first-order valence-electron chi connectivity index (χ1n) is 13.9. The Labute approximate surface area is 260 Å². The standard InChI is InChI=1S/C34H27F2N3O5S/c1-34(2,19-7-4-3-5-8-19)20-10-12-21(13-11-20)43-18-22-14-15-26(44-22)32(41)39-28-27-23(25-9-6-16-42-25)17-24(30(35)36)38-33(27)45-29(28)31(37)40/h3-17,30H,18H2,1-2H3,(H2,37,40)(H,39,41). The molecule has 0 saturated carbocycles. The minimum absolute atomic E-state index is 0.0277. The number of thiophene rings is 1. The Morgan fingerprint density at radius 1 is 1.00 bits per heavy atom. The molecular formula is C34H27F2N3O5S.